The van der Waals surface area contributed by atoms with Crippen molar-refractivity contribution in [3.8, 4) is 0 Å². The monoisotopic (exact) mass is 280 g/mol. The molecule has 2 aliphatic rings. The number of hydrazone groups is 1. The first-order valence-corrected chi connectivity index (χ1v) is 7.29. The zero-order chi connectivity index (χ0) is 15.4. The van der Waals surface area contributed by atoms with Gasteiger partial charge < -0.3 is 5.84 Å². The number of hydrogen-bond donors (Lipinski definition) is 3. The Hall–Kier alpha value is -1.72. The second-order valence-corrected chi connectivity index (χ2v) is 4.57. The van der Waals surface area contributed by atoms with Crippen molar-refractivity contribution in [3.05, 3.63) is 11.8 Å². The molecular formula is C14H28N6. The molecule has 6 heteroatoms. The van der Waals surface area contributed by atoms with Gasteiger partial charge in [-0.15, -0.1) is 5.11 Å². The lowest BCUT2D eigenvalue weighted by Gasteiger charge is -2.01. The average molecular weight is 280 g/mol. The molecule has 3 unspecified atom stereocenters. The lowest BCUT2D eigenvalue weighted by Crippen LogP contribution is -2.04. The number of nitrogens with two attached hydrogens (primary N) is 1. The molecule has 114 valence electrons. The Balaban J connectivity index is 0.000000441. The van der Waals surface area contributed by atoms with Gasteiger partial charge in [0.05, 0.1) is 0 Å². The Morgan fingerprint density at radius 3 is 2.75 bits per heavy atom. The molecule has 0 amide bonds. The molecule has 4 N–H and O–H groups in total. The van der Waals surface area contributed by atoms with Crippen molar-refractivity contribution in [2.24, 2.45) is 39.0 Å². The van der Waals surface area contributed by atoms with Gasteiger partial charge in [0.2, 0.25) is 0 Å². The van der Waals surface area contributed by atoms with E-state index >= 15 is 0 Å². The van der Waals surface area contributed by atoms with Crippen molar-refractivity contribution < 1.29 is 0 Å². The molecule has 1 aliphatic heterocycles. The molecule has 0 spiro atoms. The Bertz CT molecular complexity index is 348. The largest absolute Gasteiger partial charge is 0.305 e. The fourth-order valence-corrected chi connectivity index (χ4v) is 2.38. The number of hydrogen-bond acceptors (Lipinski definition) is 4. The first-order valence-electron chi connectivity index (χ1n) is 7.29. The molecule has 3 atom stereocenters. The summed E-state index contributed by atoms with van der Waals surface area (Å²) in [6.45, 7) is 8.34. The van der Waals surface area contributed by atoms with Crippen molar-refractivity contribution in [2.45, 2.75) is 47.0 Å². The molecule has 0 aromatic rings. The van der Waals surface area contributed by atoms with Gasteiger partial charge in [0.25, 0.3) is 0 Å². The van der Waals surface area contributed by atoms with Crippen LogP contribution >= 0.6 is 0 Å². The van der Waals surface area contributed by atoms with Crippen LogP contribution in [0.1, 0.15) is 47.0 Å². The van der Waals surface area contributed by atoms with Crippen LogP contribution in [0.15, 0.2) is 27.2 Å². The Morgan fingerprint density at radius 2 is 2.25 bits per heavy atom. The highest BCUT2D eigenvalue weighted by Crippen LogP contribution is 2.50. The Morgan fingerprint density at radius 1 is 1.55 bits per heavy atom. The predicted molar refractivity (Wildman–Crippen MR) is 84.6 cm³/mol. The van der Waals surface area contributed by atoms with Crippen LogP contribution in [0.5, 0.6) is 0 Å². The maximum atomic E-state index is 6.14. The van der Waals surface area contributed by atoms with E-state index in [0.29, 0.717) is 0 Å². The van der Waals surface area contributed by atoms with Crippen molar-refractivity contribution in [2.75, 3.05) is 0 Å². The smallest absolute Gasteiger partial charge is 0.131 e. The average Bonchev–Trinajstić information content (AvgIpc) is 3.09. The van der Waals surface area contributed by atoms with Gasteiger partial charge in [-0.2, -0.15) is 5.10 Å². The molecule has 1 saturated carbocycles. The van der Waals surface area contributed by atoms with E-state index < -0.39 is 0 Å². The van der Waals surface area contributed by atoms with E-state index in [9.17, 15) is 0 Å². The van der Waals surface area contributed by atoms with E-state index in [1.807, 2.05) is 13.8 Å². The summed E-state index contributed by atoms with van der Waals surface area (Å²) in [6, 6.07) is 0. The number of allylic oxidation sites excluding steroid dienone is 2. The minimum Gasteiger partial charge on any atom is -0.305 e. The highest BCUT2D eigenvalue weighted by molar-refractivity contribution is 5.66. The molecule has 0 radical (unpaired) electrons. The van der Waals surface area contributed by atoms with Crippen LogP contribution in [0.2, 0.25) is 0 Å². The third kappa shape index (κ3) is 6.45. The summed E-state index contributed by atoms with van der Waals surface area (Å²) < 4.78 is 0. The van der Waals surface area contributed by atoms with E-state index in [1.54, 1.807) is 0 Å². The summed E-state index contributed by atoms with van der Waals surface area (Å²) in [5.41, 5.74) is 4.23. The SMILES string of the molecule is CC.CCCC1C2/C=N/N/C(C)=C/CC21.N=CN=NN. The zero-order valence-electron chi connectivity index (χ0n) is 13.0. The second-order valence-electron chi connectivity index (χ2n) is 4.57. The lowest BCUT2D eigenvalue weighted by atomic mass is 10.1. The van der Waals surface area contributed by atoms with Gasteiger partial charge in [-0.05, 0) is 31.6 Å². The maximum Gasteiger partial charge on any atom is 0.131 e. The second kappa shape index (κ2) is 11.1. The van der Waals surface area contributed by atoms with Crippen LogP contribution in [-0.4, -0.2) is 12.6 Å². The van der Waals surface area contributed by atoms with Gasteiger partial charge in [0.1, 0.15) is 6.34 Å². The van der Waals surface area contributed by atoms with Crippen molar-refractivity contribution in [1.29, 1.82) is 5.41 Å². The summed E-state index contributed by atoms with van der Waals surface area (Å²) in [5.74, 6) is 7.01. The van der Waals surface area contributed by atoms with Gasteiger partial charge in [-0.3, -0.25) is 10.8 Å². The van der Waals surface area contributed by atoms with Gasteiger partial charge >= 0.3 is 0 Å². The predicted octanol–water partition coefficient (Wildman–Crippen LogP) is 3.48. The summed E-state index contributed by atoms with van der Waals surface area (Å²) in [5, 5.41) is 16.0. The normalized spacial score (nSPS) is 30.6. The van der Waals surface area contributed by atoms with Crippen LogP contribution in [0.4, 0.5) is 0 Å². The van der Waals surface area contributed by atoms with E-state index in [1.165, 1.54) is 25.0 Å². The van der Waals surface area contributed by atoms with Crippen LogP contribution in [0.25, 0.3) is 0 Å². The summed E-state index contributed by atoms with van der Waals surface area (Å²) >= 11 is 0. The lowest BCUT2D eigenvalue weighted by molar-refractivity contribution is 0.634. The highest BCUT2D eigenvalue weighted by Gasteiger charge is 2.47. The number of nitrogens with one attached hydrogen (secondary N) is 2. The molecule has 6 nitrogen and oxygen atoms in total. The third-order valence-corrected chi connectivity index (χ3v) is 3.33. The first kappa shape index (κ1) is 18.3. The maximum absolute atomic E-state index is 6.14. The van der Waals surface area contributed by atoms with Gasteiger partial charge in [-0.25, -0.2) is 0 Å². The van der Waals surface area contributed by atoms with Gasteiger partial charge in [-0.1, -0.05) is 38.5 Å². The Kier molecular flexibility index (Phi) is 10.2. The van der Waals surface area contributed by atoms with E-state index in [0.717, 1.165) is 24.1 Å². The third-order valence-electron chi connectivity index (χ3n) is 3.33. The number of nitrogens with zero attached hydrogens (tertiary/aromatic N) is 3. The minimum atomic E-state index is 0.761. The van der Waals surface area contributed by atoms with Crippen molar-refractivity contribution in [1.82, 2.24) is 5.43 Å². The van der Waals surface area contributed by atoms with Crippen LogP contribution in [-0.2, 0) is 0 Å². The number of rotatable bonds is 3. The minimum absolute atomic E-state index is 0.761. The molecule has 1 fully saturated rings. The summed E-state index contributed by atoms with van der Waals surface area (Å²) in [7, 11) is 0. The molecule has 0 aromatic carbocycles. The molecule has 1 heterocycles. The van der Waals surface area contributed by atoms with Crippen LogP contribution < -0.4 is 11.3 Å². The van der Waals surface area contributed by atoms with E-state index in [-0.39, 0.29) is 0 Å². The molecule has 1 aliphatic carbocycles. The fraction of sp³-hybridized carbons (Fsp3) is 0.714. The van der Waals surface area contributed by atoms with E-state index in [4.69, 9.17) is 5.41 Å². The number of fused-ring (bicyclic) bond motifs is 1. The summed E-state index contributed by atoms with van der Waals surface area (Å²) in [4.78, 5) is 0. The molecule has 0 saturated heterocycles. The fourth-order valence-electron chi connectivity index (χ4n) is 2.38. The van der Waals surface area contributed by atoms with Crippen LogP contribution in [0, 0.1) is 23.2 Å². The quantitative estimate of drug-likeness (QED) is 0.242. The first-order chi connectivity index (χ1) is 9.74. The molecule has 20 heavy (non-hydrogen) atoms. The highest BCUT2D eigenvalue weighted by atomic mass is 15.3. The zero-order valence-corrected chi connectivity index (χ0v) is 13.0. The molecule has 0 aromatic heterocycles. The standard InChI is InChI=1S/C11H18N2.C2H6.CH4N4/c1-3-4-9-10-6-5-8(2)13-12-7-11(9)10;1-2;2-1-4-5-3/h5,7,9-11,13H,3-4,6H2,1-2H3;1-2H3;1H,(H3,2,3,4)/b8-5+,12-7+;;. The topological polar surface area (TPSA) is 99.0 Å². The van der Waals surface area contributed by atoms with Crippen LogP contribution in [0.3, 0.4) is 0 Å². The van der Waals surface area contributed by atoms with Crippen molar-refractivity contribution >= 4 is 12.6 Å². The Labute approximate surface area is 122 Å². The van der Waals surface area contributed by atoms with E-state index in [2.05, 4.69) is 52.8 Å². The molecule has 0 bridgehead atoms. The van der Waals surface area contributed by atoms with Crippen molar-refractivity contribution in [3.63, 3.8) is 0 Å². The van der Waals surface area contributed by atoms with Gasteiger partial charge in [0.15, 0.2) is 0 Å². The molecule has 2 rings (SSSR count). The molecular weight excluding hydrogens is 252 g/mol. The van der Waals surface area contributed by atoms with Gasteiger partial charge in [0, 0.05) is 17.8 Å². The summed E-state index contributed by atoms with van der Waals surface area (Å²) in [6.07, 6.45) is 9.07.